The summed E-state index contributed by atoms with van der Waals surface area (Å²) in [6, 6.07) is 2.51. The van der Waals surface area contributed by atoms with Gasteiger partial charge < -0.3 is 11.3 Å². The van der Waals surface area contributed by atoms with E-state index >= 15 is 0 Å². The number of carboxylic acid groups (broad SMARTS) is 1. The van der Waals surface area contributed by atoms with E-state index in [-0.39, 0.29) is 36.5 Å². The molecule has 0 aliphatic rings. The van der Waals surface area contributed by atoms with Crippen molar-refractivity contribution in [2.75, 3.05) is 7.11 Å². The van der Waals surface area contributed by atoms with Crippen LogP contribution in [0.1, 0.15) is 22.1 Å². The van der Waals surface area contributed by atoms with Gasteiger partial charge in [-0.05, 0) is 18.2 Å². The van der Waals surface area contributed by atoms with Gasteiger partial charge in [-0.2, -0.15) is 8.42 Å². The van der Waals surface area contributed by atoms with Crippen molar-refractivity contribution in [1.82, 2.24) is 0 Å². The molecule has 1 aromatic rings. The SMILES string of the molecule is COC(=O)c1cc(C(=O)O)cc(S(=O)(=O)O)c1.[H-].[Na+]. The summed E-state index contributed by atoms with van der Waals surface area (Å²) >= 11 is 0. The van der Waals surface area contributed by atoms with E-state index in [0.29, 0.717) is 0 Å². The topological polar surface area (TPSA) is 118 Å². The number of benzene rings is 1. The molecule has 0 bridgehead atoms. The zero-order valence-electron chi connectivity index (χ0n) is 10.6. The van der Waals surface area contributed by atoms with Crippen molar-refractivity contribution in [2.45, 2.75) is 4.90 Å². The van der Waals surface area contributed by atoms with Gasteiger partial charge in [0.2, 0.25) is 0 Å². The first kappa shape index (κ1) is 17.1. The van der Waals surface area contributed by atoms with Crippen LogP contribution in [-0.4, -0.2) is 37.1 Å². The monoisotopic (exact) mass is 284 g/mol. The quantitative estimate of drug-likeness (QED) is 0.359. The molecule has 0 saturated carbocycles. The molecule has 0 saturated heterocycles. The van der Waals surface area contributed by atoms with Crippen LogP contribution < -0.4 is 29.6 Å². The largest absolute Gasteiger partial charge is 1.00 e. The Bertz CT molecular complexity index is 584. The Hall–Kier alpha value is -0.930. The molecule has 9 heteroatoms. The number of rotatable bonds is 3. The second kappa shape index (κ2) is 6.30. The molecule has 0 spiro atoms. The molecule has 0 amide bonds. The second-order valence-electron chi connectivity index (χ2n) is 3.02. The van der Waals surface area contributed by atoms with Gasteiger partial charge in [-0.1, -0.05) is 0 Å². The Kier molecular flexibility index (Phi) is 5.97. The molecule has 0 fully saturated rings. The van der Waals surface area contributed by atoms with Crippen molar-refractivity contribution in [3.8, 4) is 0 Å². The molecule has 7 nitrogen and oxygen atoms in total. The number of carbonyl (C=O) groups excluding carboxylic acids is 1. The van der Waals surface area contributed by atoms with E-state index in [4.69, 9.17) is 9.66 Å². The minimum Gasteiger partial charge on any atom is -1.00 e. The number of aromatic carboxylic acids is 1. The van der Waals surface area contributed by atoms with Gasteiger partial charge in [-0.15, -0.1) is 0 Å². The molecular formula is C9H9NaO7S. The molecule has 0 aliphatic heterocycles. The zero-order valence-corrected chi connectivity index (χ0v) is 12.4. The van der Waals surface area contributed by atoms with Crippen LogP contribution in [0.4, 0.5) is 0 Å². The van der Waals surface area contributed by atoms with Crippen LogP contribution in [-0.2, 0) is 14.9 Å². The molecule has 0 aliphatic carbocycles. The molecular weight excluding hydrogens is 275 g/mol. The summed E-state index contributed by atoms with van der Waals surface area (Å²) in [7, 11) is -3.54. The fraction of sp³-hybridized carbons (Fsp3) is 0.111. The minimum absolute atomic E-state index is 0. The molecule has 0 heterocycles. The predicted molar refractivity (Wildman–Crippen MR) is 55.7 cm³/mol. The number of hydrogen-bond acceptors (Lipinski definition) is 5. The van der Waals surface area contributed by atoms with Crippen molar-refractivity contribution in [3.05, 3.63) is 29.3 Å². The summed E-state index contributed by atoms with van der Waals surface area (Å²) in [5, 5.41) is 8.73. The summed E-state index contributed by atoms with van der Waals surface area (Å²) in [6.45, 7) is 0. The number of carbonyl (C=O) groups is 2. The third-order valence-corrected chi connectivity index (χ3v) is 2.70. The van der Waals surface area contributed by atoms with Gasteiger partial charge in [0.25, 0.3) is 10.1 Å². The number of ether oxygens (including phenoxy) is 1. The van der Waals surface area contributed by atoms with E-state index in [9.17, 15) is 18.0 Å². The van der Waals surface area contributed by atoms with Crippen molar-refractivity contribution in [2.24, 2.45) is 0 Å². The van der Waals surface area contributed by atoms with Gasteiger partial charge >= 0.3 is 41.5 Å². The third kappa shape index (κ3) is 4.07. The first-order valence-corrected chi connectivity index (χ1v) is 5.64. The summed E-state index contributed by atoms with van der Waals surface area (Å²) in [6.07, 6.45) is 0. The van der Waals surface area contributed by atoms with Crippen LogP contribution in [0.2, 0.25) is 0 Å². The predicted octanol–water partition coefficient (Wildman–Crippen LogP) is -2.47. The van der Waals surface area contributed by atoms with Gasteiger partial charge in [0.15, 0.2) is 0 Å². The maximum Gasteiger partial charge on any atom is 1.00 e. The van der Waals surface area contributed by atoms with E-state index in [1.807, 2.05) is 0 Å². The van der Waals surface area contributed by atoms with Gasteiger partial charge in [-0.3, -0.25) is 4.55 Å². The van der Waals surface area contributed by atoms with E-state index in [2.05, 4.69) is 4.74 Å². The van der Waals surface area contributed by atoms with Gasteiger partial charge in [0.05, 0.1) is 23.1 Å². The summed E-state index contributed by atoms with van der Waals surface area (Å²) in [5.41, 5.74) is -0.722. The first-order valence-electron chi connectivity index (χ1n) is 4.20. The van der Waals surface area contributed by atoms with Crippen molar-refractivity contribution >= 4 is 22.1 Å². The van der Waals surface area contributed by atoms with Gasteiger partial charge in [0.1, 0.15) is 0 Å². The smallest absolute Gasteiger partial charge is 1.00 e. The van der Waals surface area contributed by atoms with Crippen molar-refractivity contribution in [3.63, 3.8) is 0 Å². The summed E-state index contributed by atoms with van der Waals surface area (Å²) < 4.78 is 34.9. The molecule has 0 radical (unpaired) electrons. The molecule has 0 atom stereocenters. The van der Waals surface area contributed by atoms with Crippen molar-refractivity contribution in [1.29, 1.82) is 0 Å². The zero-order chi connectivity index (χ0) is 13.2. The molecule has 0 aromatic heterocycles. The standard InChI is InChI=1S/C9H8O7S.Na.H/c1-16-9(12)6-2-5(8(10)11)3-7(4-6)17(13,14)15;;/h2-4H,1H3,(H,10,11)(H,13,14,15);;/q;+1;-1. The van der Waals surface area contributed by atoms with Crippen LogP contribution in [0, 0.1) is 0 Å². The second-order valence-corrected chi connectivity index (χ2v) is 4.44. The van der Waals surface area contributed by atoms with E-state index in [0.717, 1.165) is 25.3 Å². The van der Waals surface area contributed by atoms with Crippen LogP contribution >= 0.6 is 0 Å². The molecule has 1 aromatic carbocycles. The molecule has 94 valence electrons. The third-order valence-electron chi connectivity index (χ3n) is 1.87. The van der Waals surface area contributed by atoms with Crippen LogP contribution in [0.3, 0.4) is 0 Å². The number of esters is 1. The first-order chi connectivity index (χ1) is 7.75. The molecule has 1 rings (SSSR count). The average Bonchev–Trinajstić information content (AvgIpc) is 2.26. The van der Waals surface area contributed by atoms with E-state index in [1.54, 1.807) is 0 Å². The Morgan fingerprint density at radius 2 is 1.72 bits per heavy atom. The number of hydrogen-bond donors (Lipinski definition) is 2. The molecule has 0 unspecified atom stereocenters. The fourth-order valence-corrected chi connectivity index (χ4v) is 1.66. The van der Waals surface area contributed by atoms with Crippen LogP contribution in [0.5, 0.6) is 0 Å². The van der Waals surface area contributed by atoms with Crippen molar-refractivity contribution < 1.29 is 63.4 Å². The van der Waals surface area contributed by atoms with Gasteiger partial charge in [-0.25, -0.2) is 9.59 Å². The average molecular weight is 284 g/mol. The summed E-state index contributed by atoms with van der Waals surface area (Å²) in [5.74, 6) is -2.33. The Morgan fingerprint density at radius 3 is 2.11 bits per heavy atom. The molecule has 2 N–H and O–H groups in total. The Morgan fingerprint density at radius 1 is 1.22 bits per heavy atom. The van der Waals surface area contributed by atoms with Crippen LogP contribution in [0.25, 0.3) is 0 Å². The van der Waals surface area contributed by atoms with E-state index in [1.165, 1.54) is 0 Å². The Balaban J connectivity index is 0. The summed E-state index contributed by atoms with van der Waals surface area (Å²) in [4.78, 5) is 21.2. The number of methoxy groups -OCH3 is 1. The maximum atomic E-state index is 11.2. The van der Waals surface area contributed by atoms with Gasteiger partial charge in [0, 0.05) is 0 Å². The fourth-order valence-electron chi connectivity index (χ4n) is 1.11. The Labute approximate surface area is 126 Å². The van der Waals surface area contributed by atoms with Crippen LogP contribution in [0.15, 0.2) is 23.1 Å². The minimum atomic E-state index is -4.59. The normalized spacial score (nSPS) is 10.3. The molecule has 18 heavy (non-hydrogen) atoms. The number of carboxylic acids is 1. The maximum absolute atomic E-state index is 11.2. The van der Waals surface area contributed by atoms with E-state index < -0.39 is 32.5 Å².